The van der Waals surface area contributed by atoms with Gasteiger partial charge in [0.25, 0.3) is 0 Å². The van der Waals surface area contributed by atoms with E-state index in [1.807, 2.05) is 14.0 Å². The van der Waals surface area contributed by atoms with Gasteiger partial charge in [0, 0.05) is 18.2 Å². The lowest BCUT2D eigenvalue weighted by molar-refractivity contribution is -0.268. The molecule has 16 heavy (non-hydrogen) atoms. The number of rotatable bonds is 5. The van der Waals surface area contributed by atoms with Crippen LogP contribution >= 0.6 is 0 Å². The summed E-state index contributed by atoms with van der Waals surface area (Å²) < 4.78 is 0. The lowest BCUT2D eigenvalue weighted by atomic mass is 10.1. The van der Waals surface area contributed by atoms with Gasteiger partial charge in [-0.05, 0) is 19.2 Å². The summed E-state index contributed by atoms with van der Waals surface area (Å²) in [5.74, 6) is 0.0352. The first-order chi connectivity index (χ1) is 7.56. The molecule has 1 aromatic carbocycles. The van der Waals surface area contributed by atoms with Crippen LogP contribution in [0.15, 0.2) is 36.5 Å². The SMILES string of the molecule is C=C(C(C)CNC)N(O)c1ccc([O-])cc1. The molecule has 1 atom stereocenters. The topological polar surface area (TPSA) is 58.6 Å². The molecule has 1 unspecified atom stereocenters. The maximum Gasteiger partial charge on any atom is 0.0688 e. The average molecular weight is 221 g/mol. The van der Waals surface area contributed by atoms with Gasteiger partial charge < -0.3 is 10.4 Å². The largest absolute Gasteiger partial charge is 0.872 e. The van der Waals surface area contributed by atoms with Crippen molar-refractivity contribution in [1.82, 2.24) is 5.32 Å². The second-order valence-electron chi connectivity index (χ2n) is 3.76. The Hall–Kier alpha value is -1.52. The Balaban J connectivity index is 2.73. The smallest absolute Gasteiger partial charge is 0.0688 e. The van der Waals surface area contributed by atoms with Crippen LogP contribution in [0.25, 0.3) is 0 Å². The number of hydrogen-bond donors (Lipinski definition) is 2. The van der Waals surface area contributed by atoms with Crippen LogP contribution in [0.3, 0.4) is 0 Å². The second-order valence-corrected chi connectivity index (χ2v) is 3.76. The van der Waals surface area contributed by atoms with Crippen molar-refractivity contribution in [3.05, 3.63) is 36.5 Å². The van der Waals surface area contributed by atoms with Gasteiger partial charge >= 0.3 is 0 Å². The molecular weight excluding hydrogens is 204 g/mol. The average Bonchev–Trinajstić information content (AvgIpc) is 2.28. The van der Waals surface area contributed by atoms with Crippen molar-refractivity contribution in [3.63, 3.8) is 0 Å². The number of benzene rings is 1. The first kappa shape index (κ1) is 12.5. The van der Waals surface area contributed by atoms with Crippen molar-refractivity contribution in [2.24, 2.45) is 5.92 Å². The second kappa shape index (κ2) is 5.53. The first-order valence-electron chi connectivity index (χ1n) is 5.15. The molecular formula is C12H17N2O2-. The maximum atomic E-state index is 10.9. The standard InChI is InChI=1S/C12H18N2O2/c1-9(8-13-3)10(2)14(16)11-4-6-12(15)7-5-11/h4-7,9,13,15-16H,2,8H2,1,3H3/p-1. The third-order valence-corrected chi connectivity index (χ3v) is 2.43. The van der Waals surface area contributed by atoms with E-state index in [-0.39, 0.29) is 11.7 Å². The molecule has 0 aliphatic rings. The summed E-state index contributed by atoms with van der Waals surface area (Å²) in [5.41, 5.74) is 1.14. The predicted molar refractivity (Wildman–Crippen MR) is 62.4 cm³/mol. The lowest BCUT2D eigenvalue weighted by Gasteiger charge is -2.24. The summed E-state index contributed by atoms with van der Waals surface area (Å²) in [6.07, 6.45) is 0. The number of anilines is 1. The van der Waals surface area contributed by atoms with Crippen molar-refractivity contribution in [2.45, 2.75) is 6.92 Å². The number of hydroxylamine groups is 1. The highest BCUT2D eigenvalue weighted by Crippen LogP contribution is 2.21. The van der Waals surface area contributed by atoms with Crippen molar-refractivity contribution in [1.29, 1.82) is 0 Å². The Labute approximate surface area is 95.8 Å². The van der Waals surface area contributed by atoms with E-state index in [0.29, 0.717) is 11.4 Å². The van der Waals surface area contributed by atoms with E-state index in [9.17, 15) is 10.3 Å². The summed E-state index contributed by atoms with van der Waals surface area (Å²) in [6.45, 7) is 6.52. The van der Waals surface area contributed by atoms with Crippen LogP contribution in [0.1, 0.15) is 6.92 Å². The Morgan fingerprint density at radius 2 is 2.06 bits per heavy atom. The molecule has 0 fully saturated rings. The molecule has 0 aliphatic heterocycles. The number of nitrogens with zero attached hydrogens (tertiary/aromatic N) is 1. The molecule has 1 rings (SSSR count). The van der Waals surface area contributed by atoms with Crippen molar-refractivity contribution >= 4 is 5.69 Å². The summed E-state index contributed by atoms with van der Waals surface area (Å²) in [7, 11) is 1.84. The van der Waals surface area contributed by atoms with E-state index in [4.69, 9.17) is 0 Å². The fraction of sp³-hybridized carbons (Fsp3) is 0.333. The molecule has 0 amide bonds. The van der Waals surface area contributed by atoms with Gasteiger partial charge in [0.05, 0.1) is 5.69 Å². The van der Waals surface area contributed by atoms with Crippen LogP contribution in [0.4, 0.5) is 5.69 Å². The minimum Gasteiger partial charge on any atom is -0.872 e. The van der Waals surface area contributed by atoms with Gasteiger partial charge in [0.2, 0.25) is 0 Å². The number of hydrogen-bond acceptors (Lipinski definition) is 4. The van der Waals surface area contributed by atoms with E-state index in [0.717, 1.165) is 11.6 Å². The van der Waals surface area contributed by atoms with Gasteiger partial charge in [-0.2, -0.15) is 0 Å². The van der Waals surface area contributed by atoms with Crippen LogP contribution in [0, 0.1) is 5.92 Å². The molecule has 0 aromatic heterocycles. The molecule has 0 aliphatic carbocycles. The van der Waals surface area contributed by atoms with E-state index in [2.05, 4.69) is 11.9 Å². The Morgan fingerprint density at radius 1 is 1.50 bits per heavy atom. The summed E-state index contributed by atoms with van der Waals surface area (Å²) >= 11 is 0. The molecule has 0 heterocycles. The van der Waals surface area contributed by atoms with Crippen LogP contribution in [0.2, 0.25) is 0 Å². The van der Waals surface area contributed by atoms with E-state index in [1.54, 1.807) is 12.1 Å². The number of nitrogens with one attached hydrogen (secondary N) is 1. The third kappa shape index (κ3) is 2.98. The van der Waals surface area contributed by atoms with E-state index < -0.39 is 0 Å². The Morgan fingerprint density at radius 3 is 2.56 bits per heavy atom. The van der Waals surface area contributed by atoms with Gasteiger partial charge in [-0.3, -0.25) is 5.21 Å². The predicted octanol–water partition coefficient (Wildman–Crippen LogP) is 1.33. The normalized spacial score (nSPS) is 12.2. The molecule has 0 radical (unpaired) electrons. The minimum atomic E-state index is -0.0777. The van der Waals surface area contributed by atoms with E-state index >= 15 is 0 Å². The zero-order valence-corrected chi connectivity index (χ0v) is 9.60. The summed E-state index contributed by atoms with van der Waals surface area (Å²) in [6, 6.07) is 5.96. The first-order valence-corrected chi connectivity index (χ1v) is 5.15. The van der Waals surface area contributed by atoms with Crippen LogP contribution in [-0.4, -0.2) is 18.8 Å². The molecule has 0 saturated heterocycles. The van der Waals surface area contributed by atoms with Gasteiger partial charge in [-0.25, -0.2) is 5.06 Å². The van der Waals surface area contributed by atoms with E-state index in [1.165, 1.54) is 12.1 Å². The van der Waals surface area contributed by atoms with Gasteiger partial charge in [-0.15, -0.1) is 5.75 Å². The maximum absolute atomic E-state index is 10.9. The third-order valence-electron chi connectivity index (χ3n) is 2.43. The van der Waals surface area contributed by atoms with Crippen molar-refractivity contribution in [3.8, 4) is 5.75 Å². The molecule has 2 N–H and O–H groups in total. The molecule has 4 nitrogen and oxygen atoms in total. The van der Waals surface area contributed by atoms with Gasteiger partial charge in [-0.1, -0.05) is 25.6 Å². The molecule has 0 spiro atoms. The van der Waals surface area contributed by atoms with Crippen molar-refractivity contribution < 1.29 is 10.3 Å². The van der Waals surface area contributed by atoms with Crippen LogP contribution in [0.5, 0.6) is 5.75 Å². The van der Waals surface area contributed by atoms with Crippen molar-refractivity contribution in [2.75, 3.05) is 18.7 Å². The Bertz CT molecular complexity index is 349. The molecule has 0 saturated carbocycles. The quantitative estimate of drug-likeness (QED) is 0.736. The van der Waals surface area contributed by atoms with Crippen LogP contribution < -0.4 is 15.5 Å². The molecule has 88 valence electrons. The molecule has 4 heteroatoms. The Kier molecular flexibility index (Phi) is 4.34. The highest BCUT2D eigenvalue weighted by atomic mass is 16.5. The fourth-order valence-electron chi connectivity index (χ4n) is 1.39. The zero-order valence-electron chi connectivity index (χ0n) is 9.60. The highest BCUT2D eigenvalue weighted by Gasteiger charge is 2.13. The van der Waals surface area contributed by atoms with Gasteiger partial charge in [0.15, 0.2) is 0 Å². The molecule has 0 bridgehead atoms. The minimum absolute atomic E-state index is 0.0777. The fourth-order valence-corrected chi connectivity index (χ4v) is 1.39. The van der Waals surface area contributed by atoms with Gasteiger partial charge in [0.1, 0.15) is 0 Å². The summed E-state index contributed by atoms with van der Waals surface area (Å²) in [4.78, 5) is 0. The summed E-state index contributed by atoms with van der Waals surface area (Å²) in [5, 5.41) is 24.8. The monoisotopic (exact) mass is 221 g/mol. The molecule has 1 aromatic rings. The van der Waals surface area contributed by atoms with Crippen LogP contribution in [-0.2, 0) is 0 Å². The lowest BCUT2D eigenvalue weighted by Crippen LogP contribution is -2.27. The highest BCUT2D eigenvalue weighted by molar-refractivity contribution is 5.50. The zero-order chi connectivity index (χ0) is 12.1.